The van der Waals surface area contributed by atoms with Crippen LogP contribution in [0.5, 0.6) is 0 Å². The maximum absolute atomic E-state index is 12.9. The molecule has 2 rings (SSSR count). The van der Waals surface area contributed by atoms with Gasteiger partial charge in [0.15, 0.2) is 0 Å². The minimum absolute atomic E-state index is 0.126. The van der Waals surface area contributed by atoms with Gasteiger partial charge in [-0.3, -0.25) is 4.79 Å². The first-order valence-corrected chi connectivity index (χ1v) is 12.4. The minimum Gasteiger partial charge on any atom is -0.336 e. The Morgan fingerprint density at radius 2 is 1.55 bits per heavy atom. The van der Waals surface area contributed by atoms with Gasteiger partial charge in [0.25, 0.3) is 16.1 Å². The third-order valence-electron chi connectivity index (χ3n) is 5.07. The van der Waals surface area contributed by atoms with Gasteiger partial charge in [0, 0.05) is 58.9 Å². The van der Waals surface area contributed by atoms with Gasteiger partial charge in [-0.05, 0) is 24.6 Å². The highest BCUT2D eigenvalue weighted by Crippen LogP contribution is 2.22. The molecule has 0 atom stereocenters. The Morgan fingerprint density at radius 3 is 2.03 bits per heavy atom. The summed E-state index contributed by atoms with van der Waals surface area (Å²) in [5.74, 6) is -0.303. The molecule has 0 saturated carbocycles. The maximum Gasteiger partial charge on any atom is 0.281 e. The van der Waals surface area contributed by atoms with Gasteiger partial charge in [-0.25, -0.2) is 8.42 Å². The predicted octanol–water partition coefficient (Wildman–Crippen LogP) is 0.590. The summed E-state index contributed by atoms with van der Waals surface area (Å²) in [6.07, 6.45) is 0. The number of hydrogen-bond donors (Lipinski definition) is 0. The van der Waals surface area contributed by atoms with Gasteiger partial charge in [0.2, 0.25) is 10.0 Å². The fourth-order valence-electron chi connectivity index (χ4n) is 3.25. The fourth-order valence-corrected chi connectivity index (χ4v) is 6.04. The number of aryl methyl sites for hydroxylation is 1. The average molecular weight is 447 g/mol. The molecule has 1 aliphatic rings. The van der Waals surface area contributed by atoms with Crippen molar-refractivity contribution in [3.05, 3.63) is 29.3 Å². The number of rotatable bonds is 7. The third-order valence-corrected chi connectivity index (χ3v) is 9.20. The molecular formula is C18H30N4O5S2. The summed E-state index contributed by atoms with van der Waals surface area (Å²) in [6.45, 7) is 6.83. The number of benzene rings is 1. The van der Waals surface area contributed by atoms with Crippen LogP contribution in [0.2, 0.25) is 0 Å². The van der Waals surface area contributed by atoms with Gasteiger partial charge in [-0.2, -0.15) is 21.3 Å². The van der Waals surface area contributed by atoms with Gasteiger partial charge in [-0.15, -0.1) is 0 Å². The summed E-state index contributed by atoms with van der Waals surface area (Å²) in [6, 6.07) is 4.67. The Labute approximate surface area is 174 Å². The molecule has 0 aliphatic carbocycles. The van der Waals surface area contributed by atoms with Crippen LogP contribution in [0.15, 0.2) is 23.1 Å². The SMILES string of the molecule is CCN(CC)S(=O)(=O)c1cc(C(=O)N2CCN(S(=O)(=O)N(C)C)CC2)ccc1C. The molecule has 1 saturated heterocycles. The van der Waals surface area contributed by atoms with Crippen LogP contribution >= 0.6 is 0 Å². The van der Waals surface area contributed by atoms with Crippen molar-refractivity contribution < 1.29 is 21.6 Å². The van der Waals surface area contributed by atoms with Crippen molar-refractivity contribution in [3.8, 4) is 0 Å². The fraction of sp³-hybridized carbons (Fsp3) is 0.611. The van der Waals surface area contributed by atoms with Crippen molar-refractivity contribution in [2.24, 2.45) is 0 Å². The van der Waals surface area contributed by atoms with E-state index in [1.807, 2.05) is 0 Å². The van der Waals surface area contributed by atoms with Crippen LogP contribution in [0, 0.1) is 6.92 Å². The standard InChI is InChI=1S/C18H30N4O5S2/c1-6-21(7-2)28(24,25)17-14-16(9-8-15(17)3)18(23)20-10-12-22(13-11-20)29(26,27)19(4)5/h8-9,14H,6-7,10-13H2,1-5H3. The van der Waals surface area contributed by atoms with E-state index in [1.54, 1.807) is 37.8 Å². The highest BCUT2D eigenvalue weighted by Gasteiger charge is 2.31. The Kier molecular flexibility index (Phi) is 7.44. The van der Waals surface area contributed by atoms with E-state index < -0.39 is 20.2 Å². The average Bonchev–Trinajstić information content (AvgIpc) is 2.68. The van der Waals surface area contributed by atoms with Crippen molar-refractivity contribution >= 4 is 26.1 Å². The third kappa shape index (κ3) is 4.80. The van der Waals surface area contributed by atoms with Crippen molar-refractivity contribution in [3.63, 3.8) is 0 Å². The second-order valence-electron chi connectivity index (χ2n) is 7.05. The molecule has 0 radical (unpaired) electrons. The van der Waals surface area contributed by atoms with E-state index in [4.69, 9.17) is 0 Å². The maximum atomic E-state index is 12.9. The van der Waals surface area contributed by atoms with E-state index in [1.165, 1.54) is 28.8 Å². The van der Waals surface area contributed by atoms with Gasteiger partial charge < -0.3 is 4.90 Å². The second-order valence-corrected chi connectivity index (χ2v) is 11.1. The van der Waals surface area contributed by atoms with Crippen molar-refractivity contribution in [1.82, 2.24) is 17.8 Å². The van der Waals surface area contributed by atoms with E-state index in [2.05, 4.69) is 0 Å². The Morgan fingerprint density at radius 1 is 1.00 bits per heavy atom. The number of hydrogen-bond acceptors (Lipinski definition) is 5. The van der Waals surface area contributed by atoms with Gasteiger partial charge in [-0.1, -0.05) is 19.9 Å². The number of carbonyl (C=O) groups is 1. The summed E-state index contributed by atoms with van der Waals surface area (Å²) >= 11 is 0. The molecule has 1 aliphatic heterocycles. The number of piperazine rings is 1. The first kappa shape index (κ1) is 23.7. The van der Waals surface area contributed by atoms with Crippen LogP contribution in [-0.4, -0.2) is 93.9 Å². The summed E-state index contributed by atoms with van der Waals surface area (Å²) in [7, 11) is -4.27. The first-order chi connectivity index (χ1) is 13.5. The summed E-state index contributed by atoms with van der Waals surface area (Å²) < 4.78 is 54.1. The van der Waals surface area contributed by atoms with Crippen molar-refractivity contribution in [1.29, 1.82) is 0 Å². The Balaban J connectivity index is 2.24. The molecule has 1 aromatic rings. The molecular weight excluding hydrogens is 416 g/mol. The highest BCUT2D eigenvalue weighted by atomic mass is 32.2. The van der Waals surface area contributed by atoms with Gasteiger partial charge in [0.05, 0.1) is 4.90 Å². The Bertz CT molecular complexity index is 948. The number of carbonyl (C=O) groups excluding carboxylic acids is 1. The number of amides is 1. The molecule has 164 valence electrons. The predicted molar refractivity (Wildman–Crippen MR) is 111 cm³/mol. The lowest BCUT2D eigenvalue weighted by molar-refractivity contribution is 0.0695. The van der Waals surface area contributed by atoms with E-state index in [0.717, 1.165) is 4.31 Å². The zero-order chi connectivity index (χ0) is 22.0. The monoisotopic (exact) mass is 446 g/mol. The molecule has 0 unspecified atom stereocenters. The number of nitrogens with zero attached hydrogens (tertiary/aromatic N) is 4. The molecule has 11 heteroatoms. The smallest absolute Gasteiger partial charge is 0.281 e. The van der Waals surface area contributed by atoms with Crippen molar-refractivity contribution in [2.45, 2.75) is 25.7 Å². The van der Waals surface area contributed by atoms with Crippen molar-refractivity contribution in [2.75, 3.05) is 53.4 Å². The number of sulfonamides is 1. The van der Waals surface area contributed by atoms with Crippen LogP contribution in [0.1, 0.15) is 29.8 Å². The summed E-state index contributed by atoms with van der Waals surface area (Å²) in [5.41, 5.74) is 0.862. The van der Waals surface area contributed by atoms with Gasteiger partial charge in [0.1, 0.15) is 0 Å². The van der Waals surface area contributed by atoms with E-state index >= 15 is 0 Å². The lowest BCUT2D eigenvalue weighted by atomic mass is 10.1. The van der Waals surface area contributed by atoms with Crippen LogP contribution in [0.25, 0.3) is 0 Å². The molecule has 1 heterocycles. The molecule has 0 N–H and O–H groups in total. The first-order valence-electron chi connectivity index (χ1n) is 9.54. The molecule has 29 heavy (non-hydrogen) atoms. The molecule has 9 nitrogen and oxygen atoms in total. The van der Waals surface area contributed by atoms with E-state index in [-0.39, 0.29) is 42.5 Å². The zero-order valence-corrected chi connectivity index (χ0v) is 19.3. The van der Waals surface area contributed by atoms with E-state index in [9.17, 15) is 21.6 Å². The molecule has 1 aromatic carbocycles. The van der Waals surface area contributed by atoms with Gasteiger partial charge >= 0.3 is 0 Å². The van der Waals surface area contributed by atoms with Crippen LogP contribution in [-0.2, 0) is 20.2 Å². The Hall–Kier alpha value is -1.53. The molecule has 1 amide bonds. The van der Waals surface area contributed by atoms with E-state index in [0.29, 0.717) is 18.7 Å². The molecule has 0 aromatic heterocycles. The lowest BCUT2D eigenvalue weighted by Gasteiger charge is -2.35. The molecule has 0 spiro atoms. The highest BCUT2D eigenvalue weighted by molar-refractivity contribution is 7.89. The van der Waals surface area contributed by atoms with Crippen LogP contribution < -0.4 is 0 Å². The summed E-state index contributed by atoms with van der Waals surface area (Å²) in [4.78, 5) is 14.6. The lowest BCUT2D eigenvalue weighted by Crippen LogP contribution is -2.53. The quantitative estimate of drug-likeness (QED) is 0.611. The van der Waals surface area contributed by atoms with Crippen LogP contribution in [0.4, 0.5) is 0 Å². The topological polar surface area (TPSA) is 98.3 Å². The van der Waals surface area contributed by atoms with Crippen LogP contribution in [0.3, 0.4) is 0 Å². The normalized spacial score (nSPS) is 16.6. The zero-order valence-electron chi connectivity index (χ0n) is 17.6. The molecule has 1 fully saturated rings. The second kappa shape index (κ2) is 9.09. The minimum atomic E-state index is -3.69. The largest absolute Gasteiger partial charge is 0.336 e. The summed E-state index contributed by atoms with van der Waals surface area (Å²) in [5, 5.41) is 0. The molecule has 0 bridgehead atoms.